The molecule has 2 amide bonds. The van der Waals surface area contributed by atoms with E-state index in [0.717, 1.165) is 37.4 Å². The molecular formula is C21H28N4OS2. The first kappa shape index (κ1) is 20.9. The summed E-state index contributed by atoms with van der Waals surface area (Å²) < 4.78 is -0.00272. The highest BCUT2D eigenvalue weighted by Crippen LogP contribution is 2.23. The number of nitrogens with zero attached hydrogens (tertiary/aromatic N) is 4. The van der Waals surface area contributed by atoms with Gasteiger partial charge in [0, 0.05) is 58.2 Å². The Bertz CT molecular complexity index is 762. The maximum Gasteiger partial charge on any atom is 0.324 e. The average Bonchev–Trinajstić information content (AvgIpc) is 2.73. The van der Waals surface area contributed by atoms with E-state index in [9.17, 15) is 4.79 Å². The normalized spacial score (nSPS) is 15.0. The van der Waals surface area contributed by atoms with Crippen molar-refractivity contribution in [1.29, 1.82) is 0 Å². The number of amides is 2. The van der Waals surface area contributed by atoms with Crippen LogP contribution in [0.1, 0.15) is 5.56 Å². The third-order valence-electron chi connectivity index (χ3n) is 5.12. The number of urea groups is 1. The second-order valence-corrected chi connectivity index (χ2v) is 8.45. The van der Waals surface area contributed by atoms with E-state index in [1.807, 2.05) is 56.6 Å². The summed E-state index contributed by atoms with van der Waals surface area (Å²) >= 11 is 8.78. The minimum absolute atomic E-state index is 0.00272. The highest BCUT2D eigenvalue weighted by atomic mass is 32.2. The molecule has 0 aliphatic carbocycles. The lowest BCUT2D eigenvalue weighted by Gasteiger charge is -2.37. The van der Waals surface area contributed by atoms with Gasteiger partial charge in [-0.15, -0.1) is 25.3 Å². The molecule has 0 N–H and O–H groups in total. The second-order valence-electron chi connectivity index (χ2n) is 7.07. The number of carbonyl (C=O) groups is 1. The molecule has 0 aromatic heterocycles. The van der Waals surface area contributed by atoms with Crippen molar-refractivity contribution in [2.75, 3.05) is 50.1 Å². The first-order valence-electron chi connectivity index (χ1n) is 9.43. The van der Waals surface area contributed by atoms with Crippen LogP contribution in [-0.4, -0.2) is 60.8 Å². The Morgan fingerprint density at radius 2 is 1.57 bits per heavy atom. The molecule has 1 saturated heterocycles. The van der Waals surface area contributed by atoms with Crippen molar-refractivity contribution in [3.8, 4) is 0 Å². The van der Waals surface area contributed by atoms with Gasteiger partial charge in [-0.2, -0.15) is 0 Å². The summed E-state index contributed by atoms with van der Waals surface area (Å²) in [5.74, 6) is 0. The predicted octanol–water partition coefficient (Wildman–Crippen LogP) is 3.64. The highest BCUT2D eigenvalue weighted by Gasteiger charge is 2.20. The molecule has 5 nitrogen and oxygen atoms in total. The first-order chi connectivity index (χ1) is 13.5. The second kappa shape index (κ2) is 9.58. The van der Waals surface area contributed by atoms with Crippen molar-refractivity contribution in [2.45, 2.75) is 11.3 Å². The number of benzene rings is 2. The number of hydrogen-bond acceptors (Lipinski definition) is 5. The van der Waals surface area contributed by atoms with Crippen LogP contribution in [0.3, 0.4) is 0 Å². The Morgan fingerprint density at radius 3 is 2.14 bits per heavy atom. The lowest BCUT2D eigenvalue weighted by molar-refractivity contribution is 0.215. The van der Waals surface area contributed by atoms with Crippen molar-refractivity contribution < 1.29 is 4.79 Å². The predicted molar refractivity (Wildman–Crippen MR) is 124 cm³/mol. The van der Waals surface area contributed by atoms with Crippen molar-refractivity contribution in [3.05, 3.63) is 60.2 Å². The van der Waals surface area contributed by atoms with Crippen LogP contribution in [0.2, 0.25) is 0 Å². The maximum absolute atomic E-state index is 12.8. The van der Waals surface area contributed by atoms with Crippen LogP contribution in [0.25, 0.3) is 0 Å². The summed E-state index contributed by atoms with van der Waals surface area (Å²) in [6.45, 7) is 4.38. The van der Waals surface area contributed by atoms with Crippen LogP contribution in [0, 0.1) is 0 Å². The lowest BCUT2D eigenvalue weighted by atomic mass is 10.2. The molecule has 2 aromatic rings. The van der Waals surface area contributed by atoms with Gasteiger partial charge in [-0.25, -0.2) is 4.79 Å². The maximum atomic E-state index is 12.8. The quantitative estimate of drug-likeness (QED) is 0.576. The summed E-state index contributed by atoms with van der Waals surface area (Å²) in [6, 6.07) is 18.2. The average molecular weight is 417 g/mol. The van der Waals surface area contributed by atoms with E-state index in [-0.39, 0.29) is 10.7 Å². The smallest absolute Gasteiger partial charge is 0.324 e. The fourth-order valence-corrected chi connectivity index (χ4v) is 3.85. The van der Waals surface area contributed by atoms with E-state index in [2.05, 4.69) is 47.2 Å². The molecule has 3 rings (SSSR count). The topological polar surface area (TPSA) is 30.0 Å². The van der Waals surface area contributed by atoms with E-state index in [4.69, 9.17) is 0 Å². The molecule has 28 heavy (non-hydrogen) atoms. The number of carbonyl (C=O) groups excluding carboxylic acids is 1. The Morgan fingerprint density at radius 1 is 0.964 bits per heavy atom. The van der Waals surface area contributed by atoms with Crippen LogP contribution in [0.5, 0.6) is 0 Å². The van der Waals surface area contributed by atoms with Crippen LogP contribution in [0.4, 0.5) is 16.2 Å². The van der Waals surface area contributed by atoms with Gasteiger partial charge in [-0.1, -0.05) is 30.3 Å². The van der Waals surface area contributed by atoms with Crippen molar-refractivity contribution in [2.24, 2.45) is 0 Å². The zero-order valence-corrected chi connectivity index (χ0v) is 18.2. The molecule has 0 unspecified atom stereocenters. The van der Waals surface area contributed by atoms with Gasteiger partial charge in [0.1, 0.15) is 0 Å². The number of hydrogen-bond donors (Lipinski definition) is 2. The molecule has 2 aromatic carbocycles. The Hall–Kier alpha value is -1.83. The van der Waals surface area contributed by atoms with E-state index in [1.165, 1.54) is 5.69 Å². The molecule has 0 radical (unpaired) electrons. The van der Waals surface area contributed by atoms with Gasteiger partial charge in [0.2, 0.25) is 0 Å². The fraction of sp³-hybridized carbons (Fsp3) is 0.381. The van der Waals surface area contributed by atoms with Crippen LogP contribution in [-0.2, 0) is 6.54 Å². The van der Waals surface area contributed by atoms with Gasteiger partial charge in [-0.3, -0.25) is 9.80 Å². The van der Waals surface area contributed by atoms with Gasteiger partial charge in [0.05, 0.1) is 4.71 Å². The third kappa shape index (κ3) is 5.16. The minimum Gasteiger partial charge on any atom is -0.369 e. The summed E-state index contributed by atoms with van der Waals surface area (Å²) in [4.78, 5) is 20.8. The summed E-state index contributed by atoms with van der Waals surface area (Å²) in [5.41, 5.74) is 3.18. The number of piperazine rings is 1. The Balaban J connectivity index is 1.59. The molecule has 0 saturated carbocycles. The fourth-order valence-electron chi connectivity index (χ4n) is 3.39. The molecule has 0 spiro atoms. The molecule has 0 bridgehead atoms. The SMILES string of the molecule is CN(Cc1ccccc1)C(=O)N(C)c1ccc(N2CCN(C(S)S)CC2)cc1. The van der Waals surface area contributed by atoms with Gasteiger partial charge in [-0.05, 0) is 29.8 Å². The van der Waals surface area contributed by atoms with Crippen LogP contribution in [0.15, 0.2) is 54.6 Å². The molecule has 1 heterocycles. The zero-order chi connectivity index (χ0) is 20.1. The van der Waals surface area contributed by atoms with Crippen molar-refractivity contribution in [1.82, 2.24) is 9.80 Å². The molecular weight excluding hydrogens is 388 g/mol. The third-order valence-corrected chi connectivity index (χ3v) is 5.77. The highest BCUT2D eigenvalue weighted by molar-refractivity contribution is 7.99. The molecule has 7 heteroatoms. The Kier molecular flexibility index (Phi) is 7.15. The molecule has 150 valence electrons. The monoisotopic (exact) mass is 416 g/mol. The van der Waals surface area contributed by atoms with Crippen LogP contribution >= 0.6 is 25.3 Å². The number of thiol groups is 2. The Labute approximate surface area is 178 Å². The van der Waals surface area contributed by atoms with Crippen LogP contribution < -0.4 is 9.80 Å². The zero-order valence-electron chi connectivity index (χ0n) is 16.4. The molecule has 0 atom stereocenters. The number of rotatable bonds is 5. The number of anilines is 2. The van der Waals surface area contributed by atoms with E-state index < -0.39 is 0 Å². The van der Waals surface area contributed by atoms with E-state index in [0.29, 0.717) is 6.54 Å². The largest absolute Gasteiger partial charge is 0.369 e. The summed E-state index contributed by atoms with van der Waals surface area (Å²) in [5, 5.41) is 0. The van der Waals surface area contributed by atoms with Gasteiger partial charge < -0.3 is 9.80 Å². The van der Waals surface area contributed by atoms with Crippen molar-refractivity contribution >= 4 is 42.7 Å². The van der Waals surface area contributed by atoms with Gasteiger partial charge >= 0.3 is 6.03 Å². The first-order valence-corrected chi connectivity index (χ1v) is 10.5. The molecule has 1 fully saturated rings. The summed E-state index contributed by atoms with van der Waals surface area (Å²) in [6.07, 6.45) is 0. The van der Waals surface area contributed by atoms with Crippen molar-refractivity contribution in [3.63, 3.8) is 0 Å². The summed E-state index contributed by atoms with van der Waals surface area (Å²) in [7, 11) is 3.65. The van der Waals surface area contributed by atoms with E-state index >= 15 is 0 Å². The van der Waals surface area contributed by atoms with Gasteiger partial charge in [0.15, 0.2) is 0 Å². The molecule has 1 aliphatic heterocycles. The lowest BCUT2D eigenvalue weighted by Crippen LogP contribution is -2.47. The standard InChI is InChI=1S/C21H28N4OS2/c1-22(16-17-6-4-3-5-7-17)20(26)23(2)18-8-10-19(11-9-18)24-12-14-25(15-13-24)21(27)28/h3-11,21,27-28H,12-16H2,1-2H3. The van der Waals surface area contributed by atoms with E-state index in [1.54, 1.807) is 9.80 Å². The minimum atomic E-state index is -0.0289. The molecule has 1 aliphatic rings. The van der Waals surface area contributed by atoms with Gasteiger partial charge in [0.25, 0.3) is 0 Å².